The first-order chi connectivity index (χ1) is 11.7. The van der Waals surface area contributed by atoms with Crippen LogP contribution in [0.3, 0.4) is 0 Å². The third-order valence-electron chi connectivity index (χ3n) is 3.50. The van der Waals surface area contributed by atoms with Crippen molar-refractivity contribution in [3.8, 4) is 17.2 Å². The highest BCUT2D eigenvalue weighted by Gasteiger charge is 2.15. The van der Waals surface area contributed by atoms with Crippen molar-refractivity contribution in [2.24, 2.45) is 0 Å². The number of amides is 1. The Morgan fingerprint density at radius 2 is 1.62 bits per heavy atom. The van der Waals surface area contributed by atoms with Gasteiger partial charge in [0.25, 0.3) is 0 Å². The average molecular weight is 330 g/mol. The zero-order valence-corrected chi connectivity index (χ0v) is 14.1. The van der Waals surface area contributed by atoms with Crippen LogP contribution < -0.4 is 25.1 Å². The van der Waals surface area contributed by atoms with Crippen LogP contribution in [0.5, 0.6) is 17.2 Å². The molecule has 0 bridgehead atoms. The topological polar surface area (TPSA) is 68.8 Å². The van der Waals surface area contributed by atoms with Crippen LogP contribution >= 0.6 is 0 Å². The fourth-order valence-corrected chi connectivity index (χ4v) is 2.37. The number of nitrogens with one attached hydrogen (secondary N) is 2. The molecule has 0 unspecified atom stereocenters. The molecule has 0 saturated heterocycles. The van der Waals surface area contributed by atoms with E-state index in [1.807, 2.05) is 36.4 Å². The van der Waals surface area contributed by atoms with Crippen LogP contribution in [0.1, 0.15) is 11.1 Å². The molecule has 2 N–H and O–H groups in total. The Bertz CT molecular complexity index is 674. The molecule has 2 rings (SSSR count). The van der Waals surface area contributed by atoms with Gasteiger partial charge < -0.3 is 14.2 Å². The molecule has 128 valence electrons. The average Bonchev–Trinajstić information content (AvgIpc) is 2.61. The van der Waals surface area contributed by atoms with Gasteiger partial charge in [-0.05, 0) is 17.7 Å². The third kappa shape index (κ3) is 4.39. The lowest BCUT2D eigenvalue weighted by molar-refractivity contribution is -0.121. The smallest absolute Gasteiger partial charge is 0.238 e. The number of hydrogen-bond donors (Lipinski definition) is 2. The van der Waals surface area contributed by atoms with E-state index in [0.717, 1.165) is 11.1 Å². The highest BCUT2D eigenvalue weighted by Crippen LogP contribution is 2.39. The molecule has 2 aromatic rings. The molecule has 0 heterocycles. The fourth-order valence-electron chi connectivity index (χ4n) is 2.37. The molecule has 0 fully saturated rings. The van der Waals surface area contributed by atoms with E-state index in [4.69, 9.17) is 14.2 Å². The summed E-state index contributed by atoms with van der Waals surface area (Å²) < 4.78 is 16.0. The lowest BCUT2D eigenvalue weighted by atomic mass is 10.1. The van der Waals surface area contributed by atoms with Gasteiger partial charge in [0, 0.05) is 12.1 Å². The van der Waals surface area contributed by atoms with Gasteiger partial charge in [-0.1, -0.05) is 30.3 Å². The Morgan fingerprint density at radius 1 is 0.917 bits per heavy atom. The third-order valence-corrected chi connectivity index (χ3v) is 3.50. The Hall–Kier alpha value is -2.73. The van der Waals surface area contributed by atoms with Crippen LogP contribution in [-0.2, 0) is 17.8 Å². The van der Waals surface area contributed by atoms with E-state index in [2.05, 4.69) is 10.9 Å². The Morgan fingerprint density at radius 3 is 2.25 bits per heavy atom. The van der Waals surface area contributed by atoms with Crippen molar-refractivity contribution >= 4 is 5.91 Å². The van der Waals surface area contributed by atoms with Gasteiger partial charge in [0.1, 0.15) is 0 Å². The van der Waals surface area contributed by atoms with E-state index in [-0.39, 0.29) is 5.91 Å². The first-order valence-electron chi connectivity index (χ1n) is 7.53. The van der Waals surface area contributed by atoms with Crippen molar-refractivity contribution in [3.63, 3.8) is 0 Å². The normalized spacial score (nSPS) is 10.1. The minimum Gasteiger partial charge on any atom is -0.493 e. The molecule has 0 aromatic heterocycles. The Labute approximate surface area is 141 Å². The molecular formula is C18H22N2O4. The van der Waals surface area contributed by atoms with E-state index in [1.165, 1.54) is 0 Å². The second-order valence-corrected chi connectivity index (χ2v) is 5.06. The molecule has 0 aliphatic heterocycles. The highest BCUT2D eigenvalue weighted by molar-refractivity contribution is 5.78. The molecule has 0 aliphatic carbocycles. The number of hydrazine groups is 1. The number of carbonyl (C=O) groups is 1. The zero-order valence-electron chi connectivity index (χ0n) is 14.1. The fraction of sp³-hybridized carbons (Fsp3) is 0.278. The van der Waals surface area contributed by atoms with Crippen LogP contribution in [-0.4, -0.2) is 27.2 Å². The largest absolute Gasteiger partial charge is 0.493 e. The lowest BCUT2D eigenvalue weighted by Crippen LogP contribution is -2.37. The molecule has 6 heteroatoms. The number of ether oxygens (including phenoxy) is 3. The summed E-state index contributed by atoms with van der Waals surface area (Å²) in [4.78, 5) is 11.9. The second-order valence-electron chi connectivity index (χ2n) is 5.06. The molecule has 6 nitrogen and oxygen atoms in total. The van der Waals surface area contributed by atoms with Gasteiger partial charge in [-0.25, -0.2) is 5.43 Å². The van der Waals surface area contributed by atoms with E-state index < -0.39 is 0 Å². The van der Waals surface area contributed by atoms with Crippen LogP contribution in [0.4, 0.5) is 0 Å². The van der Waals surface area contributed by atoms with Crippen molar-refractivity contribution in [2.75, 3.05) is 21.3 Å². The maximum Gasteiger partial charge on any atom is 0.238 e. The standard InChI is InChI=1S/C18H22N2O4/c1-22-15-10-9-14(17(23-2)18(15)24-3)12-19-20-16(21)11-13-7-5-4-6-8-13/h4-10,19H,11-12H2,1-3H3,(H,20,21). The minimum atomic E-state index is -0.111. The Balaban J connectivity index is 1.95. The molecule has 0 radical (unpaired) electrons. The summed E-state index contributed by atoms with van der Waals surface area (Å²) in [5.41, 5.74) is 7.39. The number of rotatable bonds is 8. The summed E-state index contributed by atoms with van der Waals surface area (Å²) in [6, 6.07) is 13.2. The molecule has 1 amide bonds. The summed E-state index contributed by atoms with van der Waals surface area (Å²) in [6.45, 7) is 0.393. The number of hydrogen-bond acceptors (Lipinski definition) is 5. The monoisotopic (exact) mass is 330 g/mol. The van der Waals surface area contributed by atoms with Crippen molar-refractivity contribution in [1.82, 2.24) is 10.9 Å². The molecule has 0 atom stereocenters. The van der Waals surface area contributed by atoms with Crippen molar-refractivity contribution < 1.29 is 19.0 Å². The Kier molecular flexibility index (Phi) is 6.45. The summed E-state index contributed by atoms with van der Waals surface area (Å²) in [5.74, 6) is 1.57. The van der Waals surface area contributed by atoms with Crippen molar-refractivity contribution in [2.45, 2.75) is 13.0 Å². The first kappa shape index (κ1) is 17.6. The summed E-state index contributed by atoms with van der Waals surface area (Å²) in [7, 11) is 4.69. The predicted molar refractivity (Wildman–Crippen MR) is 91.2 cm³/mol. The highest BCUT2D eigenvalue weighted by atomic mass is 16.5. The van der Waals surface area contributed by atoms with Gasteiger partial charge in [0.05, 0.1) is 27.8 Å². The van der Waals surface area contributed by atoms with Gasteiger partial charge in [0.2, 0.25) is 11.7 Å². The van der Waals surface area contributed by atoms with Crippen LogP contribution in [0, 0.1) is 0 Å². The minimum absolute atomic E-state index is 0.111. The summed E-state index contributed by atoms with van der Waals surface area (Å²) in [6.07, 6.45) is 0.316. The molecule has 0 aliphatic rings. The summed E-state index contributed by atoms with van der Waals surface area (Å²) in [5, 5.41) is 0. The van der Waals surface area contributed by atoms with Gasteiger partial charge in [0.15, 0.2) is 11.5 Å². The van der Waals surface area contributed by atoms with E-state index in [1.54, 1.807) is 27.4 Å². The van der Waals surface area contributed by atoms with Crippen LogP contribution in [0.25, 0.3) is 0 Å². The molecule has 2 aromatic carbocycles. The van der Waals surface area contributed by atoms with Gasteiger partial charge in [-0.2, -0.15) is 0 Å². The lowest BCUT2D eigenvalue weighted by Gasteiger charge is -2.16. The summed E-state index contributed by atoms with van der Waals surface area (Å²) >= 11 is 0. The van der Waals surface area contributed by atoms with Crippen LogP contribution in [0.15, 0.2) is 42.5 Å². The van der Waals surface area contributed by atoms with E-state index in [9.17, 15) is 4.79 Å². The molecule has 0 spiro atoms. The first-order valence-corrected chi connectivity index (χ1v) is 7.53. The van der Waals surface area contributed by atoms with E-state index >= 15 is 0 Å². The van der Waals surface area contributed by atoms with Crippen molar-refractivity contribution in [1.29, 1.82) is 0 Å². The number of benzene rings is 2. The molecular weight excluding hydrogens is 308 g/mol. The zero-order chi connectivity index (χ0) is 17.4. The van der Waals surface area contributed by atoms with E-state index in [0.29, 0.717) is 30.2 Å². The molecule has 0 saturated carbocycles. The van der Waals surface area contributed by atoms with Gasteiger partial charge >= 0.3 is 0 Å². The second kappa shape index (κ2) is 8.79. The predicted octanol–water partition coefficient (Wildman–Crippen LogP) is 2.08. The number of methoxy groups -OCH3 is 3. The number of carbonyl (C=O) groups excluding carboxylic acids is 1. The SMILES string of the molecule is COc1ccc(CNNC(=O)Cc2ccccc2)c(OC)c1OC. The molecule has 24 heavy (non-hydrogen) atoms. The van der Waals surface area contributed by atoms with Crippen molar-refractivity contribution in [3.05, 3.63) is 53.6 Å². The van der Waals surface area contributed by atoms with Gasteiger partial charge in [-0.3, -0.25) is 10.2 Å². The quantitative estimate of drug-likeness (QED) is 0.725. The van der Waals surface area contributed by atoms with Gasteiger partial charge in [-0.15, -0.1) is 0 Å². The van der Waals surface area contributed by atoms with Crippen LogP contribution in [0.2, 0.25) is 0 Å². The maximum atomic E-state index is 11.9. The maximum absolute atomic E-state index is 11.9.